The third kappa shape index (κ3) is 3.31. The van der Waals surface area contributed by atoms with Gasteiger partial charge in [0.2, 0.25) is 11.8 Å². The smallest absolute Gasteiger partial charge is 0.251 e. The van der Waals surface area contributed by atoms with Crippen molar-refractivity contribution in [3.8, 4) is 5.88 Å². The number of amides is 2. The number of hydrogen-bond acceptors (Lipinski definition) is 4. The molecule has 2 aromatic rings. The van der Waals surface area contributed by atoms with Crippen LogP contribution in [-0.4, -0.2) is 23.9 Å². The number of methoxy groups -OCH3 is 1. The van der Waals surface area contributed by atoms with Crippen molar-refractivity contribution in [3.05, 3.63) is 53.2 Å². The van der Waals surface area contributed by atoms with Crippen molar-refractivity contribution >= 4 is 17.5 Å². The van der Waals surface area contributed by atoms with Gasteiger partial charge in [-0.1, -0.05) is 6.07 Å². The molecule has 0 fully saturated rings. The Hall–Kier alpha value is -2.89. The molecule has 0 aliphatic carbocycles. The molecule has 0 atom stereocenters. The van der Waals surface area contributed by atoms with Crippen LogP contribution in [0.3, 0.4) is 0 Å². The summed E-state index contributed by atoms with van der Waals surface area (Å²) in [5.41, 5.74) is 3.15. The fraction of sp³-hybridized carbons (Fsp3) is 0.235. The van der Waals surface area contributed by atoms with Gasteiger partial charge in [0, 0.05) is 36.0 Å². The lowest BCUT2D eigenvalue weighted by molar-refractivity contribution is -0.116. The Kier molecular flexibility index (Phi) is 4.23. The topological polar surface area (TPSA) is 80.3 Å². The molecular formula is C17H17N3O3. The molecule has 6 heteroatoms. The van der Waals surface area contributed by atoms with Gasteiger partial charge in [-0.2, -0.15) is 0 Å². The van der Waals surface area contributed by atoms with Crippen LogP contribution in [0, 0.1) is 0 Å². The van der Waals surface area contributed by atoms with Gasteiger partial charge < -0.3 is 15.4 Å². The minimum absolute atomic E-state index is 0.0124. The van der Waals surface area contributed by atoms with Crippen molar-refractivity contribution in [1.29, 1.82) is 0 Å². The van der Waals surface area contributed by atoms with Crippen LogP contribution in [-0.2, 0) is 17.8 Å². The summed E-state index contributed by atoms with van der Waals surface area (Å²) in [6.07, 6.45) is 2.74. The predicted molar refractivity (Wildman–Crippen MR) is 85.4 cm³/mol. The number of aryl methyl sites for hydroxylation is 1. The van der Waals surface area contributed by atoms with E-state index < -0.39 is 0 Å². The summed E-state index contributed by atoms with van der Waals surface area (Å²) in [6.45, 7) is 0.337. The Morgan fingerprint density at radius 1 is 1.35 bits per heavy atom. The monoisotopic (exact) mass is 311 g/mol. The maximum atomic E-state index is 12.3. The van der Waals surface area contributed by atoms with Crippen molar-refractivity contribution in [1.82, 2.24) is 10.3 Å². The minimum atomic E-state index is -0.171. The van der Waals surface area contributed by atoms with E-state index in [9.17, 15) is 9.59 Å². The van der Waals surface area contributed by atoms with Crippen LogP contribution in [0.25, 0.3) is 0 Å². The summed E-state index contributed by atoms with van der Waals surface area (Å²) in [6, 6.07) is 8.96. The molecule has 6 nitrogen and oxygen atoms in total. The van der Waals surface area contributed by atoms with Crippen molar-refractivity contribution in [2.24, 2.45) is 0 Å². The van der Waals surface area contributed by atoms with Crippen LogP contribution >= 0.6 is 0 Å². The fourth-order valence-corrected chi connectivity index (χ4v) is 2.54. The van der Waals surface area contributed by atoms with Gasteiger partial charge in [0.05, 0.1) is 7.11 Å². The lowest BCUT2D eigenvalue weighted by Gasteiger charge is -2.17. The molecule has 0 saturated heterocycles. The first-order valence-electron chi connectivity index (χ1n) is 7.36. The molecule has 2 N–H and O–H groups in total. The maximum Gasteiger partial charge on any atom is 0.251 e. The molecule has 2 amide bonds. The molecule has 118 valence electrons. The number of nitrogens with one attached hydrogen (secondary N) is 2. The molecule has 0 bridgehead atoms. The van der Waals surface area contributed by atoms with Crippen LogP contribution in [0.1, 0.15) is 27.9 Å². The number of hydrogen-bond donors (Lipinski definition) is 2. The molecule has 0 spiro atoms. The van der Waals surface area contributed by atoms with Crippen LogP contribution in [0.4, 0.5) is 5.69 Å². The third-order valence-electron chi connectivity index (χ3n) is 3.75. The lowest BCUT2D eigenvalue weighted by atomic mass is 10.00. The average Bonchev–Trinajstić information content (AvgIpc) is 2.59. The summed E-state index contributed by atoms with van der Waals surface area (Å²) >= 11 is 0. The van der Waals surface area contributed by atoms with Crippen molar-refractivity contribution < 1.29 is 14.3 Å². The summed E-state index contributed by atoms with van der Waals surface area (Å²) in [5, 5.41) is 5.66. The Morgan fingerprint density at radius 2 is 2.22 bits per heavy atom. The highest BCUT2D eigenvalue weighted by atomic mass is 16.5. The van der Waals surface area contributed by atoms with E-state index in [0.29, 0.717) is 30.8 Å². The van der Waals surface area contributed by atoms with Gasteiger partial charge in [0.1, 0.15) is 0 Å². The first-order valence-corrected chi connectivity index (χ1v) is 7.36. The number of benzene rings is 1. The number of anilines is 1. The van der Waals surface area contributed by atoms with E-state index >= 15 is 0 Å². The van der Waals surface area contributed by atoms with Crippen molar-refractivity contribution in [3.63, 3.8) is 0 Å². The Morgan fingerprint density at radius 3 is 3.04 bits per heavy atom. The fourth-order valence-electron chi connectivity index (χ4n) is 2.54. The summed E-state index contributed by atoms with van der Waals surface area (Å²) in [7, 11) is 1.55. The van der Waals surface area contributed by atoms with E-state index in [1.165, 1.54) is 0 Å². The summed E-state index contributed by atoms with van der Waals surface area (Å²) in [5.74, 6) is 0.343. The summed E-state index contributed by atoms with van der Waals surface area (Å²) < 4.78 is 5.17. The Bertz CT molecular complexity index is 758. The van der Waals surface area contributed by atoms with Crippen molar-refractivity contribution in [2.45, 2.75) is 19.4 Å². The zero-order valence-electron chi connectivity index (χ0n) is 12.8. The molecular weight excluding hydrogens is 294 g/mol. The molecule has 0 saturated carbocycles. The highest BCUT2D eigenvalue weighted by Gasteiger charge is 2.16. The van der Waals surface area contributed by atoms with Crippen molar-refractivity contribution in [2.75, 3.05) is 12.4 Å². The second kappa shape index (κ2) is 6.48. The van der Waals surface area contributed by atoms with E-state index in [1.807, 2.05) is 12.1 Å². The normalized spacial score (nSPS) is 13.0. The third-order valence-corrected chi connectivity index (χ3v) is 3.75. The molecule has 1 aliphatic heterocycles. The highest BCUT2D eigenvalue weighted by molar-refractivity contribution is 5.97. The lowest BCUT2D eigenvalue weighted by Crippen LogP contribution is -2.24. The van der Waals surface area contributed by atoms with E-state index in [-0.39, 0.29) is 11.8 Å². The van der Waals surface area contributed by atoms with Crippen LogP contribution in [0.5, 0.6) is 5.88 Å². The molecule has 3 rings (SSSR count). The van der Waals surface area contributed by atoms with E-state index in [0.717, 1.165) is 16.8 Å². The zero-order chi connectivity index (χ0) is 16.2. The van der Waals surface area contributed by atoms with Crippen LogP contribution < -0.4 is 15.4 Å². The van der Waals surface area contributed by atoms with Gasteiger partial charge in [0.15, 0.2) is 0 Å². The molecule has 1 aromatic carbocycles. The Labute approximate surface area is 133 Å². The van der Waals surface area contributed by atoms with E-state index in [4.69, 9.17) is 4.74 Å². The molecule has 1 aromatic heterocycles. The number of pyridine rings is 1. The van der Waals surface area contributed by atoms with E-state index in [1.54, 1.807) is 31.5 Å². The standard InChI is InChI=1S/C17H17N3O3/c1-23-17-13(3-2-8-18-17)10-19-16(22)12-4-6-14-11(9-12)5-7-15(21)20-14/h2-4,6,8-9H,5,7,10H2,1H3,(H,19,22)(H,20,21). The molecule has 0 radical (unpaired) electrons. The van der Waals surface area contributed by atoms with Gasteiger partial charge in [-0.25, -0.2) is 4.98 Å². The molecule has 1 aliphatic rings. The van der Waals surface area contributed by atoms with E-state index in [2.05, 4.69) is 15.6 Å². The van der Waals surface area contributed by atoms with Crippen LogP contribution in [0.15, 0.2) is 36.5 Å². The second-order valence-corrected chi connectivity index (χ2v) is 5.27. The van der Waals surface area contributed by atoms with Gasteiger partial charge in [0.25, 0.3) is 5.91 Å². The SMILES string of the molecule is COc1ncccc1CNC(=O)c1ccc2c(c1)CCC(=O)N2. The zero-order valence-corrected chi connectivity index (χ0v) is 12.8. The number of ether oxygens (including phenoxy) is 1. The number of carbonyl (C=O) groups is 2. The van der Waals surface area contributed by atoms with Gasteiger partial charge >= 0.3 is 0 Å². The minimum Gasteiger partial charge on any atom is -0.481 e. The maximum absolute atomic E-state index is 12.3. The largest absolute Gasteiger partial charge is 0.481 e. The molecule has 0 unspecified atom stereocenters. The average molecular weight is 311 g/mol. The van der Waals surface area contributed by atoms with Crippen LogP contribution in [0.2, 0.25) is 0 Å². The number of rotatable bonds is 4. The number of fused-ring (bicyclic) bond motifs is 1. The molecule has 23 heavy (non-hydrogen) atoms. The molecule has 2 heterocycles. The second-order valence-electron chi connectivity index (χ2n) is 5.27. The number of carbonyl (C=O) groups excluding carboxylic acids is 2. The first kappa shape index (κ1) is 15.0. The quantitative estimate of drug-likeness (QED) is 0.904. The van der Waals surface area contributed by atoms with Gasteiger partial charge in [-0.05, 0) is 36.2 Å². The predicted octanol–water partition coefficient (Wildman–Crippen LogP) is 1.90. The summed E-state index contributed by atoms with van der Waals surface area (Å²) in [4.78, 5) is 27.8. The number of nitrogens with zero attached hydrogens (tertiary/aromatic N) is 1. The van der Waals surface area contributed by atoms with Gasteiger partial charge in [-0.3, -0.25) is 9.59 Å². The number of aromatic nitrogens is 1. The highest BCUT2D eigenvalue weighted by Crippen LogP contribution is 2.23. The first-order chi connectivity index (χ1) is 11.2. The Balaban J connectivity index is 1.70. The van der Waals surface area contributed by atoms with Gasteiger partial charge in [-0.15, -0.1) is 0 Å².